The zero-order valence-electron chi connectivity index (χ0n) is 21.5. The van der Waals surface area contributed by atoms with E-state index in [0.717, 1.165) is 17.0 Å². The van der Waals surface area contributed by atoms with Crippen molar-refractivity contribution in [3.63, 3.8) is 0 Å². The molecule has 1 saturated heterocycles. The fourth-order valence-electron chi connectivity index (χ4n) is 5.29. The lowest BCUT2D eigenvalue weighted by Gasteiger charge is -2.51. The molecule has 1 fully saturated rings. The van der Waals surface area contributed by atoms with Crippen LogP contribution < -0.4 is 0 Å². The number of hydrogen-bond donors (Lipinski definition) is 1. The molecule has 3 amide bonds. The summed E-state index contributed by atoms with van der Waals surface area (Å²) in [5.41, 5.74) is -1.54. The number of nitrogens with zero attached hydrogens (tertiary/aromatic N) is 2. The molecule has 12 heteroatoms. The van der Waals surface area contributed by atoms with E-state index in [9.17, 15) is 32.7 Å². The second-order valence-electron chi connectivity index (χ2n) is 9.83. The van der Waals surface area contributed by atoms with Crippen molar-refractivity contribution in [3.05, 3.63) is 113 Å². The van der Waals surface area contributed by atoms with Crippen LogP contribution in [-0.4, -0.2) is 65.7 Å². The molecule has 0 unspecified atom stereocenters. The Morgan fingerprint density at radius 2 is 1.50 bits per heavy atom. The molecule has 11 nitrogen and oxygen atoms in total. The highest BCUT2D eigenvalue weighted by atomic mass is 32.2. The summed E-state index contributed by atoms with van der Waals surface area (Å²) >= 11 is 0. The molecule has 42 heavy (non-hydrogen) atoms. The number of rotatable bonds is 5. The van der Waals surface area contributed by atoms with Crippen LogP contribution in [0.2, 0.25) is 0 Å². The number of benzene rings is 3. The molecule has 0 aromatic heterocycles. The number of ether oxygens (including phenoxy) is 1. The fourth-order valence-corrected chi connectivity index (χ4v) is 6.27. The SMILES string of the molecule is C.CC(O)=C(C(=O)OC(c1ccccc1)c1ccccc1)N1C[C@]2(COS(=O)(=O)c3ccc4c(c3)C(=O)N2C4=O)C1=O. The smallest absolute Gasteiger partial charge is 0.359 e. The summed E-state index contributed by atoms with van der Waals surface area (Å²) in [6.07, 6.45) is -0.895. The minimum absolute atomic E-state index is 0. The summed E-state index contributed by atoms with van der Waals surface area (Å²) in [5, 5.41) is 10.5. The Balaban J connectivity index is 0.00000353. The van der Waals surface area contributed by atoms with Gasteiger partial charge < -0.3 is 9.84 Å². The number of allylic oxidation sites excluding steroid dienone is 1. The van der Waals surface area contributed by atoms with E-state index in [-0.39, 0.29) is 23.4 Å². The number of aliphatic hydroxyl groups excluding tert-OH is 1. The Morgan fingerprint density at radius 3 is 2.05 bits per heavy atom. The predicted octanol–water partition coefficient (Wildman–Crippen LogP) is 3.34. The molecule has 0 radical (unpaired) electrons. The first kappa shape index (κ1) is 28.7. The summed E-state index contributed by atoms with van der Waals surface area (Å²) in [7, 11) is -4.37. The maximum Gasteiger partial charge on any atom is 0.359 e. The van der Waals surface area contributed by atoms with Gasteiger partial charge >= 0.3 is 5.97 Å². The Morgan fingerprint density at radius 1 is 0.929 bits per heavy atom. The van der Waals surface area contributed by atoms with Crippen LogP contribution in [-0.2, 0) is 28.6 Å². The Hall–Kier alpha value is -4.81. The summed E-state index contributed by atoms with van der Waals surface area (Å²) in [6.45, 7) is -0.193. The number of carbonyl (C=O) groups excluding carboxylic acids is 4. The first-order valence-corrected chi connectivity index (χ1v) is 13.9. The highest BCUT2D eigenvalue weighted by Gasteiger charge is 2.65. The second-order valence-corrected chi connectivity index (χ2v) is 11.4. The van der Waals surface area contributed by atoms with Gasteiger partial charge in [-0.3, -0.25) is 28.4 Å². The first-order chi connectivity index (χ1) is 19.5. The normalized spacial score (nSPS) is 20.9. The van der Waals surface area contributed by atoms with E-state index in [1.807, 2.05) is 0 Å². The second kappa shape index (κ2) is 10.2. The molecule has 0 saturated carbocycles. The molecule has 3 bridgehead atoms. The third kappa shape index (κ3) is 4.27. The Labute approximate surface area is 241 Å². The van der Waals surface area contributed by atoms with Crippen LogP contribution in [0.3, 0.4) is 0 Å². The van der Waals surface area contributed by atoms with Crippen molar-refractivity contribution < 1.29 is 41.6 Å². The summed E-state index contributed by atoms with van der Waals surface area (Å²) in [4.78, 5) is 55.0. The molecule has 3 aliphatic heterocycles. The number of β-lactam (4-membered cyclic amide) rings is 1. The van der Waals surface area contributed by atoms with Gasteiger partial charge in [0.2, 0.25) is 0 Å². The predicted molar refractivity (Wildman–Crippen MR) is 147 cm³/mol. The number of hydrogen-bond acceptors (Lipinski definition) is 9. The number of carbonyl (C=O) groups is 4. The number of imide groups is 1. The average molecular weight is 591 g/mol. The topological polar surface area (TPSA) is 148 Å². The van der Waals surface area contributed by atoms with Crippen molar-refractivity contribution in [2.45, 2.75) is 30.9 Å². The van der Waals surface area contributed by atoms with Crippen LogP contribution in [0, 0.1) is 0 Å². The molecule has 1 spiro atoms. The van der Waals surface area contributed by atoms with Crippen LogP contribution in [0.1, 0.15) is 52.3 Å². The van der Waals surface area contributed by atoms with Gasteiger partial charge in [0.05, 0.1) is 22.6 Å². The lowest BCUT2D eigenvalue weighted by molar-refractivity contribution is -0.164. The number of amides is 3. The van der Waals surface area contributed by atoms with Gasteiger partial charge in [0.1, 0.15) is 12.4 Å². The molecule has 3 aromatic carbocycles. The highest BCUT2D eigenvalue weighted by molar-refractivity contribution is 7.86. The Kier molecular flexibility index (Phi) is 6.99. The van der Waals surface area contributed by atoms with Gasteiger partial charge in [-0.15, -0.1) is 0 Å². The van der Waals surface area contributed by atoms with Crippen LogP contribution in [0.5, 0.6) is 0 Å². The maximum absolute atomic E-state index is 13.8. The monoisotopic (exact) mass is 590 g/mol. The molecular weight excluding hydrogens is 564 g/mol. The van der Waals surface area contributed by atoms with E-state index < -0.39 is 70.1 Å². The van der Waals surface area contributed by atoms with Gasteiger partial charge in [-0.2, -0.15) is 8.42 Å². The molecular formula is C30H26N2O9S. The van der Waals surface area contributed by atoms with E-state index in [4.69, 9.17) is 8.92 Å². The summed E-state index contributed by atoms with van der Waals surface area (Å²) in [6, 6.07) is 21.1. The molecule has 3 heterocycles. The minimum Gasteiger partial charge on any atom is -0.510 e. The van der Waals surface area contributed by atoms with E-state index in [1.54, 1.807) is 60.7 Å². The van der Waals surface area contributed by atoms with E-state index >= 15 is 0 Å². The third-order valence-corrected chi connectivity index (χ3v) is 8.59. The fraction of sp³-hybridized carbons (Fsp3) is 0.200. The maximum atomic E-state index is 13.8. The number of aliphatic hydroxyl groups is 1. The van der Waals surface area contributed by atoms with Crippen molar-refractivity contribution in [2.24, 2.45) is 0 Å². The summed E-state index contributed by atoms with van der Waals surface area (Å²) < 4.78 is 36.5. The van der Waals surface area contributed by atoms with E-state index in [0.29, 0.717) is 16.0 Å². The third-order valence-electron chi connectivity index (χ3n) is 7.33. The van der Waals surface area contributed by atoms with Gasteiger partial charge in [0.25, 0.3) is 27.8 Å². The summed E-state index contributed by atoms with van der Waals surface area (Å²) in [5.74, 6) is -4.24. The lowest BCUT2D eigenvalue weighted by Crippen LogP contribution is -2.77. The Bertz CT molecular complexity index is 1730. The number of likely N-dealkylation sites (tertiary alicyclic amines) is 1. The molecule has 0 aliphatic carbocycles. The molecule has 1 atom stereocenters. The zero-order chi connectivity index (χ0) is 29.1. The highest BCUT2D eigenvalue weighted by Crippen LogP contribution is 2.42. The van der Waals surface area contributed by atoms with E-state index in [1.165, 1.54) is 13.0 Å². The van der Waals surface area contributed by atoms with Crippen LogP contribution in [0.25, 0.3) is 0 Å². The number of fused-ring (bicyclic) bond motifs is 3. The van der Waals surface area contributed by atoms with Crippen molar-refractivity contribution in [3.8, 4) is 0 Å². The van der Waals surface area contributed by atoms with Crippen molar-refractivity contribution in [1.82, 2.24) is 9.80 Å². The molecule has 6 rings (SSSR count). The first-order valence-electron chi connectivity index (χ1n) is 12.5. The largest absolute Gasteiger partial charge is 0.510 e. The van der Waals surface area contributed by atoms with Gasteiger partial charge in [-0.1, -0.05) is 68.1 Å². The number of esters is 1. The minimum atomic E-state index is -4.37. The molecule has 1 N–H and O–H groups in total. The van der Waals surface area contributed by atoms with Crippen molar-refractivity contribution in [1.29, 1.82) is 0 Å². The van der Waals surface area contributed by atoms with Gasteiger partial charge in [0, 0.05) is 0 Å². The zero-order valence-corrected chi connectivity index (χ0v) is 22.3. The van der Waals surface area contributed by atoms with Gasteiger partial charge in [0.15, 0.2) is 17.3 Å². The quantitative estimate of drug-likeness (QED) is 0.118. The lowest BCUT2D eigenvalue weighted by atomic mass is 9.86. The average Bonchev–Trinajstić information content (AvgIpc) is 3.23. The van der Waals surface area contributed by atoms with Gasteiger partial charge in [-0.25, -0.2) is 4.79 Å². The standard InChI is InChI=1S/C29H22N2O9S.CH4/c1-17(32)23(27(35)40-24(18-8-4-2-5-9-18)19-10-6-3-7-11-19)30-15-29(28(30)36)16-39-41(37,38)20-12-13-21-22(14-20)26(34)31(29)25(21)33;/h2-14,24,32H,15-16H2,1H3;1H4/t29-;/m0./s1. The van der Waals surface area contributed by atoms with Crippen LogP contribution in [0.4, 0.5) is 0 Å². The van der Waals surface area contributed by atoms with Gasteiger partial charge in [-0.05, 0) is 36.2 Å². The molecule has 3 aliphatic rings. The van der Waals surface area contributed by atoms with Crippen LogP contribution >= 0.6 is 0 Å². The van der Waals surface area contributed by atoms with Crippen molar-refractivity contribution >= 4 is 33.8 Å². The molecule has 3 aromatic rings. The van der Waals surface area contributed by atoms with E-state index in [2.05, 4.69) is 0 Å². The van der Waals surface area contributed by atoms with Crippen LogP contribution in [0.15, 0.2) is 95.2 Å². The van der Waals surface area contributed by atoms with Crippen molar-refractivity contribution in [2.75, 3.05) is 13.2 Å². The molecule has 216 valence electrons.